The maximum atomic E-state index is 4.18. The number of aryl methyl sites for hydroxylation is 2. The van der Waals surface area contributed by atoms with Gasteiger partial charge in [0.2, 0.25) is 0 Å². The van der Waals surface area contributed by atoms with Crippen molar-refractivity contribution in [1.29, 1.82) is 0 Å². The quantitative estimate of drug-likeness (QED) is 0.490. The molecule has 0 amide bonds. The van der Waals surface area contributed by atoms with Gasteiger partial charge < -0.3 is 24.0 Å². The van der Waals surface area contributed by atoms with Gasteiger partial charge in [-0.2, -0.15) is 5.10 Å². The lowest BCUT2D eigenvalue weighted by molar-refractivity contribution is -0.671. The van der Waals surface area contributed by atoms with Gasteiger partial charge in [-0.3, -0.25) is 5.10 Å². The smallest absolute Gasteiger partial charge is 0.169 e. The van der Waals surface area contributed by atoms with Crippen molar-refractivity contribution in [2.75, 3.05) is 0 Å². The molecule has 2 aromatic heterocycles. The molecule has 0 saturated carbocycles. The molecule has 74 valence electrons. The number of rotatable bonds is 1. The molecule has 0 fully saturated rings. The van der Waals surface area contributed by atoms with E-state index in [1.807, 2.05) is 37.0 Å². The van der Waals surface area contributed by atoms with E-state index in [2.05, 4.69) is 22.3 Å². The van der Waals surface area contributed by atoms with E-state index in [1.165, 1.54) is 0 Å². The van der Waals surface area contributed by atoms with Crippen molar-refractivity contribution in [1.82, 2.24) is 10.2 Å². The van der Waals surface area contributed by atoms with Crippen LogP contribution >= 0.6 is 0 Å². The van der Waals surface area contributed by atoms with Crippen LogP contribution in [0.4, 0.5) is 0 Å². The Bertz CT molecular complexity index is 406. The first-order valence-corrected chi connectivity index (χ1v) is 4.23. The predicted molar refractivity (Wildman–Crippen MR) is 49.9 cm³/mol. The van der Waals surface area contributed by atoms with Crippen molar-refractivity contribution in [3.63, 3.8) is 0 Å². The molecule has 2 heterocycles. The number of nitrogens with one attached hydrogen (secondary N) is 1. The molecule has 0 bridgehead atoms. The van der Waals surface area contributed by atoms with E-state index in [9.17, 15) is 0 Å². The average molecular weight is 301 g/mol. The lowest BCUT2D eigenvalue weighted by atomic mass is 10.2. The van der Waals surface area contributed by atoms with Crippen LogP contribution in [0.3, 0.4) is 0 Å². The number of nitrogens with zero attached hydrogens (tertiary/aromatic N) is 2. The molecular weight excluding hydrogens is 289 g/mol. The Balaban J connectivity index is 0.000000980. The van der Waals surface area contributed by atoms with E-state index in [0.717, 1.165) is 17.0 Å². The second-order valence-electron chi connectivity index (χ2n) is 3.19. The first-order valence-electron chi connectivity index (χ1n) is 4.23. The van der Waals surface area contributed by atoms with Crippen LogP contribution in [0.15, 0.2) is 30.6 Å². The SMILES string of the molecule is Cc1cc(-c2cc[n+](C)cc2)n[nH]1.[I-]. The van der Waals surface area contributed by atoms with Crippen LogP contribution in [-0.4, -0.2) is 10.2 Å². The van der Waals surface area contributed by atoms with Gasteiger partial charge in [0.25, 0.3) is 0 Å². The van der Waals surface area contributed by atoms with Gasteiger partial charge >= 0.3 is 0 Å². The van der Waals surface area contributed by atoms with Gasteiger partial charge in [0, 0.05) is 23.4 Å². The standard InChI is InChI=1S/C10H11N3.HI/c1-8-7-10(12-11-8)9-3-5-13(2)6-4-9;/h3-7H,1-2H3;1H. The van der Waals surface area contributed by atoms with E-state index < -0.39 is 0 Å². The summed E-state index contributed by atoms with van der Waals surface area (Å²) in [6.07, 6.45) is 4.03. The van der Waals surface area contributed by atoms with Crippen molar-refractivity contribution in [3.8, 4) is 11.3 Å². The fraction of sp³-hybridized carbons (Fsp3) is 0.200. The zero-order valence-corrected chi connectivity index (χ0v) is 10.3. The van der Waals surface area contributed by atoms with Crippen LogP contribution in [0.2, 0.25) is 0 Å². The first kappa shape index (κ1) is 11.2. The van der Waals surface area contributed by atoms with Gasteiger partial charge in [0.05, 0.1) is 5.69 Å². The Kier molecular flexibility index (Phi) is 3.62. The summed E-state index contributed by atoms with van der Waals surface area (Å²) in [7, 11) is 2.00. The number of pyridine rings is 1. The summed E-state index contributed by atoms with van der Waals surface area (Å²) >= 11 is 0. The predicted octanol–water partition coefficient (Wildman–Crippen LogP) is -1.79. The second kappa shape index (κ2) is 4.54. The van der Waals surface area contributed by atoms with Gasteiger partial charge in [-0.1, -0.05) is 0 Å². The molecule has 2 aromatic rings. The lowest BCUT2D eigenvalue weighted by Gasteiger charge is -1.92. The van der Waals surface area contributed by atoms with E-state index in [-0.39, 0.29) is 24.0 Å². The van der Waals surface area contributed by atoms with Crippen molar-refractivity contribution in [2.45, 2.75) is 6.92 Å². The molecule has 0 aliphatic heterocycles. The molecule has 4 heteroatoms. The first-order chi connectivity index (χ1) is 6.25. The molecule has 0 spiro atoms. The fourth-order valence-corrected chi connectivity index (χ4v) is 1.24. The van der Waals surface area contributed by atoms with Crippen LogP contribution < -0.4 is 28.5 Å². The van der Waals surface area contributed by atoms with Gasteiger partial charge in [-0.15, -0.1) is 0 Å². The highest BCUT2D eigenvalue weighted by Gasteiger charge is 2.02. The highest BCUT2D eigenvalue weighted by atomic mass is 127. The van der Waals surface area contributed by atoms with Crippen LogP contribution in [0, 0.1) is 6.92 Å². The zero-order valence-electron chi connectivity index (χ0n) is 8.16. The molecule has 1 N–H and O–H groups in total. The average Bonchev–Trinajstić information content (AvgIpc) is 2.53. The van der Waals surface area contributed by atoms with Gasteiger partial charge in [-0.05, 0) is 13.0 Å². The Morgan fingerprint density at radius 2 is 1.93 bits per heavy atom. The normalized spacial score (nSPS) is 9.57. The minimum atomic E-state index is 0. The third kappa shape index (κ3) is 2.31. The molecule has 0 aliphatic rings. The molecule has 0 unspecified atom stereocenters. The van der Waals surface area contributed by atoms with Crippen LogP contribution in [0.25, 0.3) is 11.3 Å². The number of hydrogen-bond acceptors (Lipinski definition) is 1. The summed E-state index contributed by atoms with van der Waals surface area (Å²) in [5.41, 5.74) is 3.23. The summed E-state index contributed by atoms with van der Waals surface area (Å²) in [4.78, 5) is 0. The third-order valence-electron chi connectivity index (χ3n) is 1.98. The largest absolute Gasteiger partial charge is 1.00 e. The molecule has 2 rings (SSSR count). The van der Waals surface area contributed by atoms with Crippen molar-refractivity contribution in [2.24, 2.45) is 7.05 Å². The number of aromatic amines is 1. The molecule has 0 saturated heterocycles. The van der Waals surface area contributed by atoms with Gasteiger partial charge in [0.15, 0.2) is 12.4 Å². The lowest BCUT2D eigenvalue weighted by Crippen LogP contribution is -3.00. The van der Waals surface area contributed by atoms with E-state index in [0.29, 0.717) is 0 Å². The number of halogens is 1. The van der Waals surface area contributed by atoms with E-state index in [4.69, 9.17) is 0 Å². The highest BCUT2D eigenvalue weighted by Crippen LogP contribution is 2.14. The van der Waals surface area contributed by atoms with Crippen LogP contribution in [0.1, 0.15) is 5.69 Å². The molecule has 0 radical (unpaired) electrons. The molecule has 0 aromatic carbocycles. The number of H-pyrrole nitrogens is 1. The minimum Gasteiger partial charge on any atom is -1.00 e. The summed E-state index contributed by atoms with van der Waals surface area (Å²) in [5, 5.41) is 7.11. The maximum Gasteiger partial charge on any atom is 0.169 e. The highest BCUT2D eigenvalue weighted by molar-refractivity contribution is 5.57. The summed E-state index contributed by atoms with van der Waals surface area (Å²) < 4.78 is 2.00. The van der Waals surface area contributed by atoms with Gasteiger partial charge in [0.1, 0.15) is 7.05 Å². The number of hydrogen-bond donors (Lipinski definition) is 1. The Hall–Kier alpha value is -0.910. The molecule has 3 nitrogen and oxygen atoms in total. The summed E-state index contributed by atoms with van der Waals surface area (Å²) in [6.45, 7) is 2.00. The topological polar surface area (TPSA) is 32.6 Å². The molecule has 0 atom stereocenters. The third-order valence-corrected chi connectivity index (χ3v) is 1.98. The van der Waals surface area contributed by atoms with E-state index >= 15 is 0 Å². The van der Waals surface area contributed by atoms with Crippen LogP contribution in [0.5, 0.6) is 0 Å². The van der Waals surface area contributed by atoms with E-state index in [1.54, 1.807) is 0 Å². The maximum absolute atomic E-state index is 4.18. The number of aromatic nitrogens is 3. The summed E-state index contributed by atoms with van der Waals surface area (Å²) in [6, 6.07) is 6.14. The van der Waals surface area contributed by atoms with Crippen LogP contribution in [-0.2, 0) is 7.05 Å². The molecule has 14 heavy (non-hydrogen) atoms. The monoisotopic (exact) mass is 301 g/mol. The summed E-state index contributed by atoms with van der Waals surface area (Å²) in [5.74, 6) is 0. The zero-order chi connectivity index (χ0) is 9.26. The van der Waals surface area contributed by atoms with Crippen molar-refractivity contribution >= 4 is 0 Å². The fourth-order valence-electron chi connectivity index (χ4n) is 1.24. The van der Waals surface area contributed by atoms with Crippen molar-refractivity contribution < 1.29 is 28.5 Å². The minimum absolute atomic E-state index is 0. The van der Waals surface area contributed by atoms with Gasteiger partial charge in [-0.25, -0.2) is 4.57 Å². The molecule has 0 aliphatic carbocycles. The Labute approximate surface area is 100 Å². The Morgan fingerprint density at radius 1 is 1.29 bits per heavy atom. The second-order valence-corrected chi connectivity index (χ2v) is 3.19. The molecular formula is C10H12IN3. The van der Waals surface area contributed by atoms with Crippen molar-refractivity contribution in [3.05, 3.63) is 36.3 Å². The Morgan fingerprint density at radius 3 is 2.43 bits per heavy atom.